The minimum absolute atomic E-state index is 0.0269. The molecule has 2 aliphatic rings. The second kappa shape index (κ2) is 4.13. The largest absolute Gasteiger partial charge is 0.368 e. The quantitative estimate of drug-likeness (QED) is 0.651. The molecule has 1 saturated heterocycles. The van der Waals surface area contributed by atoms with Gasteiger partial charge in [0.15, 0.2) is 5.78 Å². The molecule has 17 heavy (non-hydrogen) atoms. The van der Waals surface area contributed by atoms with Crippen LogP contribution in [-0.2, 0) is 9.59 Å². The molecular formula is C14H19NO2. The monoisotopic (exact) mass is 233 g/mol. The lowest BCUT2D eigenvalue weighted by atomic mass is 9.80. The van der Waals surface area contributed by atoms with E-state index in [1.165, 1.54) is 12.2 Å². The maximum Gasteiger partial charge on any atom is 0.205 e. The van der Waals surface area contributed by atoms with Crippen LogP contribution in [0.1, 0.15) is 33.6 Å². The second-order valence-corrected chi connectivity index (χ2v) is 5.76. The Balaban J connectivity index is 2.31. The first-order chi connectivity index (χ1) is 7.89. The van der Waals surface area contributed by atoms with Gasteiger partial charge in [-0.3, -0.25) is 9.59 Å². The van der Waals surface area contributed by atoms with E-state index < -0.39 is 0 Å². The van der Waals surface area contributed by atoms with Crippen LogP contribution >= 0.6 is 0 Å². The summed E-state index contributed by atoms with van der Waals surface area (Å²) < 4.78 is 0. The molecule has 0 saturated carbocycles. The first-order valence-corrected chi connectivity index (χ1v) is 6.17. The number of rotatable bonds is 1. The molecule has 0 amide bonds. The molecule has 0 N–H and O–H groups in total. The fraction of sp³-hybridized carbons (Fsp3) is 0.571. The lowest BCUT2D eigenvalue weighted by Crippen LogP contribution is -2.32. The summed E-state index contributed by atoms with van der Waals surface area (Å²) in [5.74, 6) is -0.0320. The van der Waals surface area contributed by atoms with Crippen molar-refractivity contribution < 1.29 is 9.59 Å². The average Bonchev–Trinajstić information content (AvgIpc) is 2.72. The maximum atomic E-state index is 12.4. The van der Waals surface area contributed by atoms with Crippen molar-refractivity contribution in [2.45, 2.75) is 33.6 Å². The van der Waals surface area contributed by atoms with Gasteiger partial charge in [-0.25, -0.2) is 0 Å². The average molecular weight is 233 g/mol. The van der Waals surface area contributed by atoms with E-state index in [-0.39, 0.29) is 17.0 Å². The molecule has 0 aromatic heterocycles. The van der Waals surface area contributed by atoms with Crippen LogP contribution in [0.4, 0.5) is 0 Å². The van der Waals surface area contributed by atoms with Gasteiger partial charge in [0.25, 0.3) is 0 Å². The summed E-state index contributed by atoms with van der Waals surface area (Å²) in [6, 6.07) is 0. The Morgan fingerprint density at radius 3 is 2.18 bits per heavy atom. The fourth-order valence-corrected chi connectivity index (χ4v) is 2.34. The zero-order valence-corrected chi connectivity index (χ0v) is 10.7. The Morgan fingerprint density at radius 2 is 1.65 bits per heavy atom. The number of ketones is 2. The summed E-state index contributed by atoms with van der Waals surface area (Å²) in [5.41, 5.74) is 0.957. The van der Waals surface area contributed by atoms with Crippen LogP contribution in [0.2, 0.25) is 0 Å². The third-order valence-corrected chi connectivity index (χ3v) is 3.30. The Hall–Kier alpha value is -1.38. The predicted molar refractivity (Wildman–Crippen MR) is 66.4 cm³/mol. The number of likely N-dealkylation sites (tertiary alicyclic amines) is 1. The van der Waals surface area contributed by atoms with Gasteiger partial charge < -0.3 is 4.90 Å². The van der Waals surface area contributed by atoms with Crippen LogP contribution in [0.5, 0.6) is 0 Å². The second-order valence-electron chi connectivity index (χ2n) is 5.76. The van der Waals surface area contributed by atoms with E-state index in [1.807, 2.05) is 25.7 Å². The molecule has 0 aromatic carbocycles. The van der Waals surface area contributed by atoms with E-state index in [1.54, 1.807) is 0 Å². The lowest BCUT2D eigenvalue weighted by molar-refractivity contribution is -0.117. The maximum absolute atomic E-state index is 12.4. The number of carbonyl (C=O) groups excluding carboxylic acids is 2. The van der Waals surface area contributed by atoms with Crippen LogP contribution in [0.15, 0.2) is 23.4 Å². The van der Waals surface area contributed by atoms with E-state index in [0.717, 1.165) is 25.9 Å². The van der Waals surface area contributed by atoms with E-state index in [2.05, 4.69) is 0 Å². The Labute approximate surface area is 102 Å². The molecule has 0 unspecified atom stereocenters. The van der Waals surface area contributed by atoms with E-state index in [0.29, 0.717) is 11.3 Å². The summed E-state index contributed by atoms with van der Waals surface area (Å²) in [4.78, 5) is 26.1. The summed E-state index contributed by atoms with van der Waals surface area (Å²) >= 11 is 0. The number of hydrogen-bond donors (Lipinski definition) is 0. The summed E-state index contributed by atoms with van der Waals surface area (Å²) in [6.07, 6.45) is 5.19. The van der Waals surface area contributed by atoms with Crippen molar-refractivity contribution >= 4 is 11.6 Å². The Bertz CT molecular complexity index is 418. The van der Waals surface area contributed by atoms with Crippen LogP contribution in [0.3, 0.4) is 0 Å². The molecule has 0 radical (unpaired) electrons. The summed E-state index contributed by atoms with van der Waals surface area (Å²) in [5, 5.41) is 0. The highest BCUT2D eigenvalue weighted by atomic mass is 16.1. The highest BCUT2D eigenvalue weighted by molar-refractivity contribution is 6.20. The molecule has 0 aromatic rings. The van der Waals surface area contributed by atoms with Crippen molar-refractivity contribution in [3.8, 4) is 0 Å². The van der Waals surface area contributed by atoms with Gasteiger partial charge in [-0.2, -0.15) is 0 Å². The van der Waals surface area contributed by atoms with Crippen LogP contribution in [0, 0.1) is 5.41 Å². The molecule has 0 atom stereocenters. The third-order valence-electron chi connectivity index (χ3n) is 3.30. The van der Waals surface area contributed by atoms with Gasteiger partial charge in [0.2, 0.25) is 5.78 Å². The molecule has 0 spiro atoms. The number of carbonyl (C=O) groups is 2. The van der Waals surface area contributed by atoms with Gasteiger partial charge in [-0.15, -0.1) is 0 Å². The standard InChI is InChI=1S/C14H19NO2/c1-14(2,3)11-8-10(16)9-12(13(11)17)15-6-4-5-7-15/h8-9H,4-7H2,1-3H3. The molecule has 1 fully saturated rings. The van der Waals surface area contributed by atoms with Gasteiger partial charge in [-0.1, -0.05) is 20.8 Å². The minimum Gasteiger partial charge on any atom is -0.368 e. The molecule has 1 heterocycles. The van der Waals surface area contributed by atoms with Gasteiger partial charge >= 0.3 is 0 Å². The molecule has 1 aliphatic carbocycles. The topological polar surface area (TPSA) is 37.4 Å². The highest BCUT2D eigenvalue weighted by Gasteiger charge is 2.33. The Morgan fingerprint density at radius 1 is 1.06 bits per heavy atom. The molecule has 3 nitrogen and oxygen atoms in total. The van der Waals surface area contributed by atoms with Crippen LogP contribution in [-0.4, -0.2) is 29.6 Å². The molecule has 0 bridgehead atoms. The van der Waals surface area contributed by atoms with Crippen LogP contribution in [0.25, 0.3) is 0 Å². The first kappa shape index (κ1) is 12.1. The van der Waals surface area contributed by atoms with Gasteiger partial charge in [0.1, 0.15) is 0 Å². The minimum atomic E-state index is -0.272. The van der Waals surface area contributed by atoms with E-state index in [9.17, 15) is 9.59 Å². The smallest absolute Gasteiger partial charge is 0.205 e. The number of nitrogens with zero attached hydrogens (tertiary/aromatic N) is 1. The Kier molecular flexibility index (Phi) is 2.94. The molecule has 92 valence electrons. The van der Waals surface area contributed by atoms with Gasteiger partial charge in [0, 0.05) is 24.7 Å². The van der Waals surface area contributed by atoms with E-state index in [4.69, 9.17) is 0 Å². The third kappa shape index (κ3) is 2.33. The number of Topliss-reactive ketones (excluding diaryl/α,β-unsaturated/α-hetero) is 1. The lowest BCUT2D eigenvalue weighted by Gasteiger charge is -2.28. The van der Waals surface area contributed by atoms with Crippen molar-refractivity contribution in [1.29, 1.82) is 0 Å². The molecule has 1 aliphatic heterocycles. The van der Waals surface area contributed by atoms with Crippen molar-refractivity contribution in [2.75, 3.05) is 13.1 Å². The predicted octanol–water partition coefficient (Wildman–Crippen LogP) is 2.09. The highest BCUT2D eigenvalue weighted by Crippen LogP contribution is 2.32. The first-order valence-electron chi connectivity index (χ1n) is 6.17. The van der Waals surface area contributed by atoms with Crippen molar-refractivity contribution in [3.63, 3.8) is 0 Å². The van der Waals surface area contributed by atoms with Crippen molar-refractivity contribution in [3.05, 3.63) is 23.4 Å². The molecular weight excluding hydrogens is 214 g/mol. The van der Waals surface area contributed by atoms with Gasteiger partial charge in [-0.05, 0) is 24.3 Å². The number of hydrogen-bond acceptors (Lipinski definition) is 3. The molecule has 2 rings (SSSR count). The van der Waals surface area contributed by atoms with Crippen molar-refractivity contribution in [1.82, 2.24) is 4.90 Å². The normalized spacial score (nSPS) is 21.7. The van der Waals surface area contributed by atoms with Crippen LogP contribution < -0.4 is 0 Å². The molecule has 3 heteroatoms. The summed E-state index contributed by atoms with van der Waals surface area (Å²) in [6.45, 7) is 7.69. The van der Waals surface area contributed by atoms with Crippen molar-refractivity contribution in [2.24, 2.45) is 5.41 Å². The fourth-order valence-electron chi connectivity index (χ4n) is 2.34. The number of allylic oxidation sites excluding steroid dienone is 3. The van der Waals surface area contributed by atoms with Gasteiger partial charge in [0.05, 0.1) is 5.70 Å². The van der Waals surface area contributed by atoms with E-state index >= 15 is 0 Å². The zero-order valence-electron chi connectivity index (χ0n) is 10.7. The summed E-state index contributed by atoms with van der Waals surface area (Å²) in [7, 11) is 0. The zero-order chi connectivity index (χ0) is 12.6. The SMILES string of the molecule is CC(C)(C)C1=CC(=O)C=C(N2CCCC2)C1=O.